The van der Waals surface area contributed by atoms with Gasteiger partial charge < -0.3 is 20.1 Å². The summed E-state index contributed by atoms with van der Waals surface area (Å²) in [6.07, 6.45) is 3.89. The minimum absolute atomic E-state index is 0.314. The maximum Gasteiger partial charge on any atom is 0.144 e. The van der Waals surface area contributed by atoms with Crippen LogP contribution in [0.15, 0.2) is 18.2 Å². The van der Waals surface area contributed by atoms with Crippen molar-refractivity contribution >= 4 is 11.4 Å². The summed E-state index contributed by atoms with van der Waals surface area (Å²) >= 11 is 0. The molecule has 4 nitrogen and oxygen atoms in total. The lowest BCUT2D eigenvalue weighted by Gasteiger charge is -2.29. The second-order valence-electron chi connectivity index (χ2n) is 4.99. The zero-order valence-electron chi connectivity index (χ0n) is 11.9. The fourth-order valence-corrected chi connectivity index (χ4v) is 2.50. The lowest BCUT2D eigenvalue weighted by molar-refractivity contribution is 0.0216. The molecule has 1 unspecified atom stereocenters. The number of anilines is 2. The molecule has 106 valence electrons. The van der Waals surface area contributed by atoms with Crippen LogP contribution in [-0.2, 0) is 4.74 Å². The molecule has 1 fully saturated rings. The van der Waals surface area contributed by atoms with E-state index in [-0.39, 0.29) is 0 Å². The number of para-hydroxylation sites is 1. The molecule has 0 aliphatic carbocycles. The number of likely N-dealkylation sites (N-methyl/N-ethyl adjacent to an activating group) is 1. The van der Waals surface area contributed by atoms with Crippen LogP contribution in [-0.4, -0.2) is 32.9 Å². The average Bonchev–Trinajstić information content (AvgIpc) is 2.42. The molecule has 0 radical (unpaired) electrons. The second-order valence-corrected chi connectivity index (χ2v) is 4.99. The van der Waals surface area contributed by atoms with E-state index in [1.807, 2.05) is 25.1 Å². The predicted octanol–water partition coefficient (Wildman–Crippen LogP) is 2.67. The van der Waals surface area contributed by atoms with E-state index in [2.05, 4.69) is 11.9 Å². The van der Waals surface area contributed by atoms with Crippen LogP contribution in [0, 0.1) is 0 Å². The van der Waals surface area contributed by atoms with E-state index in [1.165, 1.54) is 12.8 Å². The molecule has 0 aromatic heterocycles. The number of nitrogens with zero attached hydrogens (tertiary/aromatic N) is 1. The lowest BCUT2D eigenvalue weighted by atomic mass is 10.1. The zero-order chi connectivity index (χ0) is 13.7. The first-order valence-corrected chi connectivity index (χ1v) is 7.06. The molecule has 4 heteroatoms. The van der Waals surface area contributed by atoms with Crippen molar-refractivity contribution in [2.45, 2.75) is 32.3 Å². The molecule has 0 bridgehead atoms. The van der Waals surface area contributed by atoms with Gasteiger partial charge in [0.1, 0.15) is 5.75 Å². The molecule has 0 spiro atoms. The van der Waals surface area contributed by atoms with Crippen molar-refractivity contribution in [3.63, 3.8) is 0 Å². The Morgan fingerprint density at radius 2 is 2.26 bits per heavy atom. The van der Waals surface area contributed by atoms with Gasteiger partial charge in [0.05, 0.1) is 24.1 Å². The Hall–Kier alpha value is -1.42. The fourth-order valence-electron chi connectivity index (χ4n) is 2.50. The third kappa shape index (κ3) is 3.53. The summed E-state index contributed by atoms with van der Waals surface area (Å²) in [5.74, 6) is 0.761. The Balaban J connectivity index is 2.05. The molecule has 2 rings (SSSR count). The molecule has 1 atom stereocenters. The van der Waals surface area contributed by atoms with E-state index in [1.54, 1.807) is 0 Å². The van der Waals surface area contributed by atoms with Gasteiger partial charge in [-0.1, -0.05) is 6.07 Å². The number of benzene rings is 1. The summed E-state index contributed by atoms with van der Waals surface area (Å²) in [5, 5.41) is 0. The number of hydrogen-bond donors (Lipinski definition) is 1. The molecule has 1 aromatic rings. The Bertz CT molecular complexity index is 403. The molecule has 19 heavy (non-hydrogen) atoms. The van der Waals surface area contributed by atoms with E-state index in [9.17, 15) is 0 Å². The summed E-state index contributed by atoms with van der Waals surface area (Å²) in [5.41, 5.74) is 7.89. The highest BCUT2D eigenvalue weighted by Gasteiger charge is 2.18. The molecule has 0 amide bonds. The van der Waals surface area contributed by atoms with Crippen LogP contribution in [0.1, 0.15) is 26.2 Å². The van der Waals surface area contributed by atoms with Gasteiger partial charge in [0, 0.05) is 20.2 Å². The smallest absolute Gasteiger partial charge is 0.144 e. The highest BCUT2D eigenvalue weighted by Crippen LogP contribution is 2.32. The summed E-state index contributed by atoms with van der Waals surface area (Å²) in [7, 11) is 2.05. The summed E-state index contributed by atoms with van der Waals surface area (Å²) in [6, 6.07) is 5.92. The first kappa shape index (κ1) is 14.0. The summed E-state index contributed by atoms with van der Waals surface area (Å²) in [4.78, 5) is 2.16. The van der Waals surface area contributed by atoms with E-state index in [0.717, 1.165) is 31.0 Å². The minimum atomic E-state index is 0.314. The maximum absolute atomic E-state index is 6.17. The molecule has 1 heterocycles. The maximum atomic E-state index is 6.17. The van der Waals surface area contributed by atoms with E-state index < -0.39 is 0 Å². The summed E-state index contributed by atoms with van der Waals surface area (Å²) < 4.78 is 11.3. The second kappa shape index (κ2) is 6.66. The number of rotatable bonds is 5. The Morgan fingerprint density at radius 1 is 1.42 bits per heavy atom. The summed E-state index contributed by atoms with van der Waals surface area (Å²) in [6.45, 7) is 4.35. The van der Waals surface area contributed by atoms with E-state index >= 15 is 0 Å². The topological polar surface area (TPSA) is 47.7 Å². The van der Waals surface area contributed by atoms with Crippen LogP contribution < -0.4 is 15.4 Å². The molecule has 0 saturated carbocycles. The van der Waals surface area contributed by atoms with Crippen LogP contribution in [0.25, 0.3) is 0 Å². The number of hydrogen-bond acceptors (Lipinski definition) is 4. The van der Waals surface area contributed by atoms with Crippen LogP contribution in [0.4, 0.5) is 11.4 Å². The first-order valence-electron chi connectivity index (χ1n) is 7.06. The van der Waals surface area contributed by atoms with Crippen molar-refractivity contribution in [1.82, 2.24) is 0 Å². The lowest BCUT2D eigenvalue weighted by Crippen LogP contribution is -2.33. The molecular formula is C15H24N2O2. The van der Waals surface area contributed by atoms with Crippen molar-refractivity contribution in [3.8, 4) is 5.75 Å². The van der Waals surface area contributed by atoms with Gasteiger partial charge in [0.25, 0.3) is 0 Å². The van der Waals surface area contributed by atoms with Crippen molar-refractivity contribution in [1.29, 1.82) is 0 Å². The predicted molar refractivity (Wildman–Crippen MR) is 78.9 cm³/mol. The largest absolute Gasteiger partial charge is 0.492 e. The average molecular weight is 264 g/mol. The molecule has 1 aliphatic rings. The van der Waals surface area contributed by atoms with Gasteiger partial charge in [-0.2, -0.15) is 0 Å². The van der Waals surface area contributed by atoms with Crippen molar-refractivity contribution in [2.75, 3.05) is 37.4 Å². The standard InChI is InChI=1S/C15H24N2O2/c1-3-18-14-9-6-8-13(15(14)16)17(2)11-12-7-4-5-10-19-12/h6,8-9,12H,3-5,7,10-11,16H2,1-2H3. The van der Waals surface area contributed by atoms with Gasteiger partial charge in [0.2, 0.25) is 0 Å². The Labute approximate surface area is 115 Å². The molecular weight excluding hydrogens is 240 g/mol. The normalized spacial score (nSPS) is 19.2. The number of nitrogen functional groups attached to an aromatic ring is 1. The van der Waals surface area contributed by atoms with Crippen molar-refractivity contribution in [3.05, 3.63) is 18.2 Å². The SMILES string of the molecule is CCOc1cccc(N(C)CC2CCCCO2)c1N. The fraction of sp³-hybridized carbons (Fsp3) is 0.600. The number of ether oxygens (including phenoxy) is 2. The highest BCUT2D eigenvalue weighted by atomic mass is 16.5. The minimum Gasteiger partial charge on any atom is -0.492 e. The van der Waals surface area contributed by atoms with Gasteiger partial charge >= 0.3 is 0 Å². The van der Waals surface area contributed by atoms with Crippen LogP contribution in [0.5, 0.6) is 5.75 Å². The van der Waals surface area contributed by atoms with Gasteiger partial charge in [-0.05, 0) is 38.3 Å². The highest BCUT2D eigenvalue weighted by molar-refractivity contribution is 5.73. The van der Waals surface area contributed by atoms with Crippen LogP contribution >= 0.6 is 0 Å². The van der Waals surface area contributed by atoms with Crippen molar-refractivity contribution < 1.29 is 9.47 Å². The third-order valence-electron chi connectivity index (χ3n) is 3.51. The molecule has 1 aliphatic heterocycles. The first-order chi connectivity index (χ1) is 9.22. The Morgan fingerprint density at radius 3 is 2.95 bits per heavy atom. The van der Waals surface area contributed by atoms with Gasteiger partial charge in [-0.15, -0.1) is 0 Å². The third-order valence-corrected chi connectivity index (χ3v) is 3.51. The monoisotopic (exact) mass is 264 g/mol. The van der Waals surface area contributed by atoms with E-state index in [0.29, 0.717) is 18.4 Å². The number of nitrogens with two attached hydrogens (primary N) is 1. The van der Waals surface area contributed by atoms with Crippen molar-refractivity contribution in [2.24, 2.45) is 0 Å². The Kier molecular flexibility index (Phi) is 4.91. The van der Waals surface area contributed by atoms with Crippen LogP contribution in [0.2, 0.25) is 0 Å². The molecule has 1 aromatic carbocycles. The molecule has 2 N–H and O–H groups in total. The van der Waals surface area contributed by atoms with E-state index in [4.69, 9.17) is 15.2 Å². The zero-order valence-corrected chi connectivity index (χ0v) is 11.9. The van der Waals surface area contributed by atoms with Gasteiger partial charge in [-0.25, -0.2) is 0 Å². The quantitative estimate of drug-likeness (QED) is 0.831. The van der Waals surface area contributed by atoms with Crippen LogP contribution in [0.3, 0.4) is 0 Å². The van der Waals surface area contributed by atoms with Gasteiger partial charge in [0.15, 0.2) is 0 Å². The van der Waals surface area contributed by atoms with Gasteiger partial charge in [-0.3, -0.25) is 0 Å². The molecule has 1 saturated heterocycles.